The summed E-state index contributed by atoms with van der Waals surface area (Å²) in [6.07, 6.45) is 0.384. The Morgan fingerprint density at radius 1 is 0.788 bits per heavy atom. The Morgan fingerprint density at radius 3 is 2.15 bits per heavy atom. The molecule has 0 heterocycles. The molecule has 7 nitrogen and oxygen atoms in total. The first kappa shape index (κ1) is 23.7. The lowest BCUT2D eigenvalue weighted by molar-refractivity contribution is -0.115. The zero-order valence-electron chi connectivity index (χ0n) is 18.2. The minimum Gasteiger partial charge on any atom is -0.490 e. The van der Waals surface area contributed by atoms with Crippen LogP contribution in [0.1, 0.15) is 23.7 Å². The fourth-order valence-corrected chi connectivity index (χ4v) is 3.04. The third-order valence-corrected chi connectivity index (χ3v) is 4.62. The van der Waals surface area contributed by atoms with E-state index in [0.29, 0.717) is 42.3 Å². The first-order valence-corrected chi connectivity index (χ1v) is 10.9. The minimum atomic E-state index is -0.367. The number of anilines is 2. The molecule has 0 saturated heterocycles. The van der Waals surface area contributed by atoms with Crippen LogP contribution in [0.3, 0.4) is 0 Å². The molecule has 0 atom stereocenters. The van der Waals surface area contributed by atoms with Gasteiger partial charge in [0.2, 0.25) is 5.91 Å². The third-order valence-electron chi connectivity index (χ3n) is 4.41. The highest BCUT2D eigenvalue weighted by Crippen LogP contribution is 2.16. The Balaban J connectivity index is 1.49. The van der Waals surface area contributed by atoms with E-state index in [9.17, 15) is 9.59 Å². The molecule has 0 fully saturated rings. The van der Waals surface area contributed by atoms with Crippen LogP contribution in [0.4, 0.5) is 11.4 Å². The summed E-state index contributed by atoms with van der Waals surface area (Å²) in [5, 5.41) is 8.51. The number of rotatable bonds is 9. The molecule has 0 spiro atoms. The Hall–Kier alpha value is -3.91. The van der Waals surface area contributed by atoms with Gasteiger partial charge in [0.25, 0.3) is 5.91 Å². The fourth-order valence-electron chi connectivity index (χ4n) is 2.82. The van der Waals surface area contributed by atoms with Crippen LogP contribution in [0.15, 0.2) is 78.9 Å². The van der Waals surface area contributed by atoms with Crippen molar-refractivity contribution in [1.29, 1.82) is 0 Å². The molecule has 0 saturated carbocycles. The highest BCUT2D eigenvalue weighted by atomic mass is 32.1. The summed E-state index contributed by atoms with van der Waals surface area (Å²) in [6.45, 7) is 2.50. The lowest BCUT2D eigenvalue weighted by Gasteiger charge is -2.12. The van der Waals surface area contributed by atoms with Crippen LogP contribution in [0.2, 0.25) is 0 Å². The van der Waals surface area contributed by atoms with Crippen LogP contribution in [-0.4, -0.2) is 30.1 Å². The standard InChI is InChI=1S/C25H25N3O4S/c1-2-23(29)26-19-9-7-10-20(17-19)27-25(33)28-24(30)18-8-6-13-22(16-18)32-15-14-31-21-11-4-3-5-12-21/h3-13,16-17H,2,14-15H2,1H3,(H,26,29)(H2,27,28,30,33). The van der Waals surface area contributed by atoms with Crippen molar-refractivity contribution in [3.8, 4) is 11.5 Å². The molecule has 33 heavy (non-hydrogen) atoms. The lowest BCUT2D eigenvalue weighted by atomic mass is 10.2. The molecule has 0 unspecified atom stereocenters. The summed E-state index contributed by atoms with van der Waals surface area (Å²) in [6, 6.07) is 23.4. The van der Waals surface area contributed by atoms with Crippen molar-refractivity contribution in [2.45, 2.75) is 13.3 Å². The van der Waals surface area contributed by atoms with Crippen LogP contribution in [0.25, 0.3) is 0 Å². The van der Waals surface area contributed by atoms with Crippen molar-refractivity contribution in [3.63, 3.8) is 0 Å². The maximum atomic E-state index is 12.6. The summed E-state index contributed by atoms with van der Waals surface area (Å²) >= 11 is 5.25. The third kappa shape index (κ3) is 7.93. The van der Waals surface area contributed by atoms with Gasteiger partial charge in [0.05, 0.1) is 0 Å². The number of carbonyl (C=O) groups is 2. The van der Waals surface area contributed by atoms with Gasteiger partial charge in [-0.25, -0.2) is 0 Å². The molecule has 0 radical (unpaired) electrons. The van der Waals surface area contributed by atoms with Crippen molar-refractivity contribution >= 4 is 40.5 Å². The molecule has 2 amide bonds. The molecule has 3 aromatic carbocycles. The Bertz CT molecular complexity index is 1110. The van der Waals surface area contributed by atoms with Crippen LogP contribution in [-0.2, 0) is 4.79 Å². The van der Waals surface area contributed by atoms with Gasteiger partial charge >= 0.3 is 0 Å². The van der Waals surface area contributed by atoms with E-state index in [0.717, 1.165) is 5.75 Å². The number of benzene rings is 3. The van der Waals surface area contributed by atoms with Gasteiger partial charge in [-0.05, 0) is 60.7 Å². The first-order valence-electron chi connectivity index (χ1n) is 10.5. The zero-order chi connectivity index (χ0) is 23.5. The van der Waals surface area contributed by atoms with E-state index in [1.54, 1.807) is 55.5 Å². The average Bonchev–Trinajstić information content (AvgIpc) is 2.82. The number of carbonyl (C=O) groups excluding carboxylic acids is 2. The summed E-state index contributed by atoms with van der Waals surface area (Å²) in [7, 11) is 0. The lowest BCUT2D eigenvalue weighted by Crippen LogP contribution is -2.34. The van der Waals surface area contributed by atoms with Gasteiger partial charge in [-0.15, -0.1) is 0 Å². The van der Waals surface area contributed by atoms with E-state index >= 15 is 0 Å². The Labute approximate surface area is 198 Å². The van der Waals surface area contributed by atoms with Gasteiger partial charge in [-0.2, -0.15) is 0 Å². The molecule has 3 N–H and O–H groups in total. The molecule has 8 heteroatoms. The predicted molar refractivity (Wildman–Crippen MR) is 133 cm³/mol. The van der Waals surface area contributed by atoms with E-state index in [2.05, 4.69) is 16.0 Å². The Morgan fingerprint density at radius 2 is 1.42 bits per heavy atom. The summed E-state index contributed by atoms with van der Waals surface area (Å²) in [4.78, 5) is 24.1. The highest BCUT2D eigenvalue weighted by Gasteiger charge is 2.10. The van der Waals surface area contributed by atoms with E-state index in [4.69, 9.17) is 21.7 Å². The molecular formula is C25H25N3O4S. The number of hydrogen-bond donors (Lipinski definition) is 3. The number of ether oxygens (including phenoxy) is 2. The van der Waals surface area contributed by atoms with Gasteiger partial charge in [0, 0.05) is 23.4 Å². The highest BCUT2D eigenvalue weighted by molar-refractivity contribution is 7.80. The number of para-hydroxylation sites is 1. The largest absolute Gasteiger partial charge is 0.490 e. The second-order valence-electron chi connectivity index (χ2n) is 6.93. The molecule has 3 aromatic rings. The first-order chi connectivity index (χ1) is 16.0. The van der Waals surface area contributed by atoms with Crippen molar-refractivity contribution in [2.75, 3.05) is 23.8 Å². The van der Waals surface area contributed by atoms with E-state index in [-0.39, 0.29) is 16.9 Å². The molecule has 0 aliphatic heterocycles. The van der Waals surface area contributed by atoms with Crippen LogP contribution >= 0.6 is 12.2 Å². The van der Waals surface area contributed by atoms with E-state index < -0.39 is 0 Å². The van der Waals surface area contributed by atoms with E-state index in [1.165, 1.54) is 0 Å². The molecule has 0 aromatic heterocycles. The summed E-state index contributed by atoms with van der Waals surface area (Å²) in [5.74, 6) is 0.872. The fraction of sp³-hybridized carbons (Fsp3) is 0.160. The molecule has 170 valence electrons. The number of amides is 2. The van der Waals surface area contributed by atoms with Crippen LogP contribution in [0.5, 0.6) is 11.5 Å². The topological polar surface area (TPSA) is 88.7 Å². The van der Waals surface area contributed by atoms with Gasteiger partial charge in [0.1, 0.15) is 24.7 Å². The second kappa shape index (κ2) is 12.2. The van der Waals surface area contributed by atoms with Crippen LogP contribution in [0, 0.1) is 0 Å². The van der Waals surface area contributed by atoms with Crippen molar-refractivity contribution < 1.29 is 19.1 Å². The number of nitrogens with one attached hydrogen (secondary N) is 3. The number of hydrogen-bond acceptors (Lipinski definition) is 5. The monoisotopic (exact) mass is 463 g/mol. The van der Waals surface area contributed by atoms with Gasteiger partial charge in [-0.3, -0.25) is 14.9 Å². The van der Waals surface area contributed by atoms with Gasteiger partial charge < -0.3 is 20.1 Å². The quantitative estimate of drug-likeness (QED) is 0.317. The van der Waals surface area contributed by atoms with E-state index in [1.807, 2.05) is 30.3 Å². The number of thiocarbonyl (C=S) groups is 1. The maximum Gasteiger partial charge on any atom is 0.257 e. The molecule has 0 aliphatic carbocycles. The van der Waals surface area contributed by atoms with Gasteiger partial charge in [0.15, 0.2) is 5.11 Å². The second-order valence-corrected chi connectivity index (χ2v) is 7.34. The van der Waals surface area contributed by atoms with Crippen LogP contribution < -0.4 is 25.4 Å². The smallest absolute Gasteiger partial charge is 0.257 e. The molecular weight excluding hydrogens is 438 g/mol. The average molecular weight is 464 g/mol. The molecule has 0 aliphatic rings. The summed E-state index contributed by atoms with van der Waals surface area (Å²) < 4.78 is 11.3. The summed E-state index contributed by atoms with van der Waals surface area (Å²) in [5.41, 5.74) is 1.69. The Kier molecular flexibility index (Phi) is 8.79. The van der Waals surface area contributed by atoms with Crippen molar-refractivity contribution in [3.05, 3.63) is 84.4 Å². The zero-order valence-corrected chi connectivity index (χ0v) is 19.0. The molecule has 3 rings (SSSR count). The SMILES string of the molecule is CCC(=O)Nc1cccc(NC(=S)NC(=O)c2cccc(OCCOc3ccccc3)c2)c1. The molecule has 0 bridgehead atoms. The minimum absolute atomic E-state index is 0.0863. The van der Waals surface area contributed by atoms with Gasteiger partial charge in [-0.1, -0.05) is 37.3 Å². The predicted octanol–water partition coefficient (Wildman–Crippen LogP) is 4.62. The van der Waals surface area contributed by atoms with Crippen molar-refractivity contribution in [1.82, 2.24) is 5.32 Å². The normalized spacial score (nSPS) is 10.1. The maximum absolute atomic E-state index is 12.6. The van der Waals surface area contributed by atoms with Crippen molar-refractivity contribution in [2.24, 2.45) is 0 Å².